The van der Waals surface area contributed by atoms with Crippen LogP contribution in [-0.4, -0.2) is 4.98 Å². The van der Waals surface area contributed by atoms with Gasteiger partial charge in [-0.2, -0.15) is 0 Å². The molecule has 0 unspecified atom stereocenters. The third-order valence-electron chi connectivity index (χ3n) is 10.7. The van der Waals surface area contributed by atoms with Crippen LogP contribution in [0.15, 0.2) is 203 Å². The van der Waals surface area contributed by atoms with Gasteiger partial charge in [-0.25, -0.2) is 4.98 Å². The zero-order valence-corrected chi connectivity index (χ0v) is 29.7. The number of furan rings is 1. The normalized spacial score (nSPS) is 11.6. The summed E-state index contributed by atoms with van der Waals surface area (Å²) in [6.45, 7) is 0. The molecule has 0 aliphatic rings. The Bertz CT molecular complexity index is 3200. The second-order valence-electron chi connectivity index (χ2n) is 13.9. The van der Waals surface area contributed by atoms with E-state index in [0.717, 1.165) is 99.5 Å². The predicted molar refractivity (Wildman–Crippen MR) is 227 cm³/mol. The van der Waals surface area contributed by atoms with E-state index in [1.807, 2.05) is 42.5 Å². The van der Waals surface area contributed by atoms with Crippen LogP contribution in [0, 0.1) is 0 Å². The Kier molecular flexibility index (Phi) is 7.14. The van der Waals surface area contributed by atoms with E-state index in [-0.39, 0.29) is 0 Å². The van der Waals surface area contributed by atoms with Crippen molar-refractivity contribution in [2.45, 2.75) is 0 Å². The molecule has 0 spiro atoms. The number of fused-ring (bicyclic) bond motifs is 8. The molecule has 0 saturated heterocycles. The molecule has 0 fully saturated rings. The molecule has 2 aromatic heterocycles. The minimum absolute atomic E-state index is 0.620. The van der Waals surface area contributed by atoms with Crippen LogP contribution in [0.5, 0.6) is 0 Å². The zero-order valence-electron chi connectivity index (χ0n) is 29.7. The zero-order chi connectivity index (χ0) is 36.3. The second-order valence-corrected chi connectivity index (χ2v) is 13.9. The first-order chi connectivity index (χ1) is 27.2. The van der Waals surface area contributed by atoms with E-state index in [0.29, 0.717) is 5.89 Å². The Balaban J connectivity index is 1.12. The Morgan fingerprint density at radius 2 is 1.05 bits per heavy atom. The summed E-state index contributed by atoms with van der Waals surface area (Å²) in [4.78, 5) is 7.29. The molecule has 0 radical (unpaired) electrons. The van der Waals surface area contributed by atoms with Crippen molar-refractivity contribution in [3.05, 3.63) is 194 Å². The fraction of sp³-hybridized carbons (Fsp3) is 0. The Labute approximate surface area is 317 Å². The lowest BCUT2D eigenvalue weighted by Gasteiger charge is -2.28. The van der Waals surface area contributed by atoms with Crippen molar-refractivity contribution in [3.8, 4) is 33.7 Å². The molecule has 9 aromatic carbocycles. The number of oxazole rings is 1. The van der Waals surface area contributed by atoms with Crippen molar-refractivity contribution >= 4 is 71.6 Å². The van der Waals surface area contributed by atoms with Crippen molar-refractivity contribution in [1.29, 1.82) is 0 Å². The number of hydrogen-bond acceptors (Lipinski definition) is 4. The lowest BCUT2D eigenvalue weighted by atomic mass is 9.95. The number of rotatable bonds is 6. The van der Waals surface area contributed by atoms with Crippen LogP contribution in [-0.2, 0) is 0 Å². The summed E-state index contributed by atoms with van der Waals surface area (Å²) >= 11 is 0. The molecule has 0 amide bonds. The highest BCUT2D eigenvalue weighted by Gasteiger charge is 2.21. The molecular formula is C51H32N2O2. The van der Waals surface area contributed by atoms with Crippen molar-refractivity contribution in [2.24, 2.45) is 0 Å². The standard InChI is InChI=1S/C51H32N2O2/c1-4-12-33(13-5-1)42-30-37(38-25-29-48-44(31-38)41-18-10-11-19-47(41)54-48)24-28-46(42)53(39-16-8-3-9-17-39)40-26-22-34-20-21-35-23-27-45-50(49(35)43(34)32-40)55-51(52-45)36-14-6-2-7-15-36/h1-32H. The van der Waals surface area contributed by atoms with Crippen molar-refractivity contribution in [3.63, 3.8) is 0 Å². The number of para-hydroxylation sites is 2. The maximum Gasteiger partial charge on any atom is 0.227 e. The SMILES string of the molecule is c1ccc(-c2nc3ccc4ccc5ccc(N(c6ccccc6)c6ccc(-c7ccc8oc9ccccc9c8c7)cc6-c6ccccc6)cc5c4c3o2)cc1. The average molecular weight is 705 g/mol. The van der Waals surface area contributed by atoms with Crippen LogP contribution in [0.1, 0.15) is 0 Å². The molecule has 0 saturated carbocycles. The van der Waals surface area contributed by atoms with Crippen LogP contribution in [0.4, 0.5) is 17.1 Å². The van der Waals surface area contributed by atoms with Gasteiger partial charge >= 0.3 is 0 Å². The van der Waals surface area contributed by atoms with E-state index in [9.17, 15) is 0 Å². The van der Waals surface area contributed by atoms with Gasteiger partial charge in [-0.3, -0.25) is 0 Å². The first-order valence-electron chi connectivity index (χ1n) is 18.5. The maximum atomic E-state index is 6.59. The topological polar surface area (TPSA) is 42.4 Å². The molecule has 4 nitrogen and oxygen atoms in total. The van der Waals surface area contributed by atoms with E-state index in [4.69, 9.17) is 13.8 Å². The Morgan fingerprint density at radius 1 is 0.400 bits per heavy atom. The van der Waals surface area contributed by atoms with Gasteiger partial charge in [0.05, 0.1) is 5.69 Å². The van der Waals surface area contributed by atoms with Gasteiger partial charge in [-0.05, 0) is 106 Å². The molecule has 0 aliphatic carbocycles. The Hall–Kier alpha value is -7.43. The van der Waals surface area contributed by atoms with E-state index in [2.05, 4.69) is 157 Å². The summed E-state index contributed by atoms with van der Waals surface area (Å²) < 4.78 is 12.8. The first kappa shape index (κ1) is 31.1. The molecule has 0 atom stereocenters. The molecular weight excluding hydrogens is 673 g/mol. The number of benzene rings is 9. The van der Waals surface area contributed by atoms with Gasteiger partial charge in [0.1, 0.15) is 16.7 Å². The summed E-state index contributed by atoms with van der Waals surface area (Å²) in [5.74, 6) is 0.620. The lowest BCUT2D eigenvalue weighted by molar-refractivity contribution is 0.623. The highest BCUT2D eigenvalue weighted by molar-refractivity contribution is 6.19. The second kappa shape index (κ2) is 12.6. The van der Waals surface area contributed by atoms with Gasteiger partial charge in [-0.15, -0.1) is 0 Å². The maximum absolute atomic E-state index is 6.59. The molecule has 11 aromatic rings. The van der Waals surface area contributed by atoms with Crippen molar-refractivity contribution < 1.29 is 8.83 Å². The molecule has 0 N–H and O–H groups in total. The third kappa shape index (κ3) is 5.26. The Morgan fingerprint density at radius 3 is 1.89 bits per heavy atom. The van der Waals surface area contributed by atoms with Crippen LogP contribution < -0.4 is 4.90 Å². The minimum Gasteiger partial charge on any atom is -0.456 e. The fourth-order valence-corrected chi connectivity index (χ4v) is 8.02. The first-order valence-corrected chi connectivity index (χ1v) is 18.5. The predicted octanol–water partition coefficient (Wildman–Crippen LogP) is 14.5. The van der Waals surface area contributed by atoms with Crippen molar-refractivity contribution in [2.75, 3.05) is 4.90 Å². The number of anilines is 3. The van der Waals surface area contributed by atoms with E-state index in [1.165, 1.54) is 0 Å². The van der Waals surface area contributed by atoms with Gasteiger partial charge in [0.2, 0.25) is 5.89 Å². The van der Waals surface area contributed by atoms with E-state index >= 15 is 0 Å². The minimum atomic E-state index is 0.620. The summed E-state index contributed by atoms with van der Waals surface area (Å²) in [7, 11) is 0. The quantitative estimate of drug-likeness (QED) is 0.162. The highest BCUT2D eigenvalue weighted by Crippen LogP contribution is 2.45. The van der Waals surface area contributed by atoms with Gasteiger partial charge in [0.25, 0.3) is 0 Å². The third-order valence-corrected chi connectivity index (χ3v) is 10.7. The molecule has 258 valence electrons. The number of aromatic nitrogens is 1. The highest BCUT2D eigenvalue weighted by atomic mass is 16.3. The molecule has 11 rings (SSSR count). The van der Waals surface area contributed by atoms with Crippen LogP contribution in [0.25, 0.3) is 88.3 Å². The fourth-order valence-electron chi connectivity index (χ4n) is 8.02. The van der Waals surface area contributed by atoms with Crippen molar-refractivity contribution in [1.82, 2.24) is 4.98 Å². The summed E-state index contributed by atoms with van der Waals surface area (Å²) in [6.07, 6.45) is 0. The molecule has 4 heteroatoms. The van der Waals surface area contributed by atoms with Crippen LogP contribution in [0.3, 0.4) is 0 Å². The number of nitrogens with zero attached hydrogens (tertiary/aromatic N) is 2. The summed E-state index contributed by atoms with van der Waals surface area (Å²) in [5.41, 5.74) is 12.1. The van der Waals surface area contributed by atoms with E-state index < -0.39 is 0 Å². The van der Waals surface area contributed by atoms with Crippen LogP contribution in [0.2, 0.25) is 0 Å². The van der Waals surface area contributed by atoms with Gasteiger partial charge in [0, 0.05) is 38.7 Å². The molecule has 55 heavy (non-hydrogen) atoms. The van der Waals surface area contributed by atoms with Gasteiger partial charge in [-0.1, -0.05) is 121 Å². The largest absolute Gasteiger partial charge is 0.456 e. The number of hydrogen-bond donors (Lipinski definition) is 0. The summed E-state index contributed by atoms with van der Waals surface area (Å²) in [6, 6.07) is 68.3. The molecule has 0 aliphatic heterocycles. The van der Waals surface area contributed by atoms with Gasteiger partial charge in [0.15, 0.2) is 5.58 Å². The van der Waals surface area contributed by atoms with Gasteiger partial charge < -0.3 is 13.7 Å². The monoisotopic (exact) mass is 704 g/mol. The van der Waals surface area contributed by atoms with E-state index in [1.54, 1.807) is 0 Å². The lowest BCUT2D eigenvalue weighted by Crippen LogP contribution is -2.11. The summed E-state index contributed by atoms with van der Waals surface area (Å²) in [5, 5.41) is 6.64. The smallest absolute Gasteiger partial charge is 0.227 e. The molecule has 0 bridgehead atoms. The average Bonchev–Trinajstić information content (AvgIpc) is 3.87. The molecule has 2 heterocycles. The van der Waals surface area contributed by atoms with Crippen LogP contribution >= 0.6 is 0 Å².